The Morgan fingerprint density at radius 1 is 0.955 bits per heavy atom. The van der Waals surface area contributed by atoms with Crippen LogP contribution in [0.5, 0.6) is 0 Å². The number of thiazole rings is 1. The number of rotatable bonds is 10. The molecule has 0 saturated carbocycles. The maximum absolute atomic E-state index is 11.3. The number of fused-ring (bicyclic) bond motifs is 2. The zero-order valence-electron chi connectivity index (χ0n) is 24.1. The van der Waals surface area contributed by atoms with E-state index in [-0.39, 0.29) is 18.3 Å². The highest BCUT2D eigenvalue weighted by molar-refractivity contribution is 8.03. The van der Waals surface area contributed by atoms with Crippen molar-refractivity contribution in [3.05, 3.63) is 79.8 Å². The van der Waals surface area contributed by atoms with E-state index in [2.05, 4.69) is 32.1 Å². The lowest BCUT2D eigenvalue weighted by atomic mass is 9.75. The lowest BCUT2D eigenvalue weighted by molar-refractivity contribution is -0.668. The van der Waals surface area contributed by atoms with Gasteiger partial charge in [0.15, 0.2) is 6.54 Å². The second kappa shape index (κ2) is 13.1. The number of aryl methyl sites for hydroxylation is 1. The van der Waals surface area contributed by atoms with Crippen LogP contribution < -0.4 is 9.47 Å². The summed E-state index contributed by atoms with van der Waals surface area (Å²) in [6, 6.07) is 11.2. The highest BCUT2D eigenvalue weighted by Gasteiger charge is 2.30. The van der Waals surface area contributed by atoms with Gasteiger partial charge in [-0.1, -0.05) is 66.2 Å². The molecule has 0 unspecified atom stereocenters. The average molecular weight is 715 g/mol. The van der Waals surface area contributed by atoms with Gasteiger partial charge in [-0.2, -0.15) is 4.57 Å². The molecule has 1 aliphatic carbocycles. The van der Waals surface area contributed by atoms with E-state index in [1.54, 1.807) is 23.1 Å². The monoisotopic (exact) mass is 713 g/mol. The Hall–Kier alpha value is -1.90. The van der Waals surface area contributed by atoms with E-state index in [1.807, 2.05) is 45.9 Å². The maximum Gasteiger partial charge on any atom is 0.263 e. The lowest BCUT2D eigenvalue weighted by Crippen LogP contribution is -2.36. The van der Waals surface area contributed by atoms with E-state index < -0.39 is 31.7 Å². The summed E-state index contributed by atoms with van der Waals surface area (Å²) in [4.78, 5) is 3.03. The molecule has 0 radical (unpaired) electrons. The van der Waals surface area contributed by atoms with Gasteiger partial charge in [0.2, 0.25) is 5.52 Å². The standard InChI is InChI=1S/C30H32Cl2N2O6S4/c1-30(2)18-20(14-28-33(9-3-11-43(35,36)37)24-16-22(31)5-7-26(24)41-28)13-21(19-30)15-29-34(10-4-12-44(38,39)40)25-17-23(32)6-8-27(25)42-29/h5-8,13-17H,3-4,9-12,18-19H2,1-2H3,(H-,35,36,37,38,39,40)/p-1. The lowest BCUT2D eigenvalue weighted by Gasteiger charge is -2.31. The van der Waals surface area contributed by atoms with Gasteiger partial charge in [0.1, 0.15) is 4.70 Å². The van der Waals surface area contributed by atoms with Crippen LogP contribution in [0.4, 0.5) is 5.69 Å². The first-order valence-corrected chi connectivity index (χ1v) is 19.5. The summed E-state index contributed by atoms with van der Waals surface area (Å²) in [5.41, 5.74) is 3.91. The fourth-order valence-electron chi connectivity index (χ4n) is 5.63. The van der Waals surface area contributed by atoms with Crippen molar-refractivity contribution in [3.63, 3.8) is 0 Å². The number of thioether (sulfide) groups is 1. The first-order chi connectivity index (χ1) is 20.6. The van der Waals surface area contributed by atoms with Crippen molar-refractivity contribution in [1.29, 1.82) is 0 Å². The Balaban J connectivity index is 1.51. The van der Waals surface area contributed by atoms with Crippen LogP contribution >= 0.6 is 46.3 Å². The molecule has 0 spiro atoms. The average Bonchev–Trinajstić information content (AvgIpc) is 3.38. The Morgan fingerprint density at radius 2 is 1.64 bits per heavy atom. The predicted octanol–water partition coefficient (Wildman–Crippen LogP) is 6.95. The number of anilines is 1. The van der Waals surface area contributed by atoms with Crippen molar-refractivity contribution in [3.8, 4) is 0 Å². The van der Waals surface area contributed by atoms with Crippen LogP contribution in [0.2, 0.25) is 10.0 Å². The van der Waals surface area contributed by atoms with E-state index in [0.29, 0.717) is 23.1 Å². The largest absolute Gasteiger partial charge is 0.748 e. The van der Waals surface area contributed by atoms with Gasteiger partial charge in [-0.15, -0.1) is 0 Å². The predicted molar refractivity (Wildman–Crippen MR) is 177 cm³/mol. The van der Waals surface area contributed by atoms with Crippen molar-refractivity contribution in [1.82, 2.24) is 0 Å². The number of aromatic nitrogens is 1. The van der Waals surface area contributed by atoms with E-state index in [4.69, 9.17) is 23.2 Å². The molecule has 0 amide bonds. The highest BCUT2D eigenvalue weighted by Crippen LogP contribution is 2.49. The summed E-state index contributed by atoms with van der Waals surface area (Å²) < 4.78 is 70.7. The molecule has 0 fully saturated rings. The van der Waals surface area contributed by atoms with Crippen molar-refractivity contribution in [2.75, 3.05) is 23.0 Å². The Kier molecular flexibility index (Phi) is 9.94. The molecular formula is C30H31Cl2N2O6S4-. The third kappa shape index (κ3) is 8.67. The number of hydrogen-bond acceptors (Lipinski definition) is 9. The first kappa shape index (κ1) is 33.5. The topological polar surface area (TPSA) is 122 Å². The molecule has 8 nitrogen and oxygen atoms in total. The third-order valence-electron chi connectivity index (χ3n) is 7.29. The first-order valence-electron chi connectivity index (χ1n) is 13.9. The molecule has 44 heavy (non-hydrogen) atoms. The molecule has 2 heterocycles. The molecule has 5 rings (SSSR count). The fourth-order valence-corrected chi connectivity index (χ4v) is 9.22. The van der Waals surface area contributed by atoms with Gasteiger partial charge in [0.25, 0.3) is 5.01 Å². The number of halogens is 2. The smallest absolute Gasteiger partial charge is 0.263 e. The Labute approximate surface area is 276 Å². The van der Waals surface area contributed by atoms with Gasteiger partial charge in [-0.3, -0.25) is 0 Å². The zero-order chi connectivity index (χ0) is 31.9. The minimum absolute atomic E-state index is 0.0602. The van der Waals surface area contributed by atoms with E-state index in [1.165, 1.54) is 0 Å². The van der Waals surface area contributed by atoms with Crippen molar-refractivity contribution in [2.45, 2.75) is 51.0 Å². The SMILES string of the molecule is CC1(C)CC(/C=C2\Sc3ccc(Cl)cc3N2CCCS(=O)(=O)[O-])=CC(=C/c2sc3ccc(Cl)cc3[n+]2CCCS(=O)(=O)[O-])/C1. The molecule has 0 saturated heterocycles. The summed E-state index contributed by atoms with van der Waals surface area (Å²) in [5.74, 6) is -0.887. The molecule has 0 N–H and O–H groups in total. The molecule has 2 aromatic carbocycles. The minimum Gasteiger partial charge on any atom is -0.748 e. The van der Waals surface area contributed by atoms with E-state index in [9.17, 15) is 25.9 Å². The molecule has 1 aliphatic heterocycles. The summed E-state index contributed by atoms with van der Waals surface area (Å²) in [7, 11) is -8.66. The quantitative estimate of drug-likeness (QED) is 0.164. The van der Waals surface area contributed by atoms with Crippen LogP contribution in [0.25, 0.3) is 16.3 Å². The molecular weight excluding hydrogens is 684 g/mol. The number of allylic oxidation sites excluding steroid dienone is 4. The van der Waals surface area contributed by atoms with Crippen LogP contribution in [0.3, 0.4) is 0 Å². The van der Waals surface area contributed by atoms with E-state index in [0.717, 1.165) is 54.8 Å². The van der Waals surface area contributed by atoms with Crippen LogP contribution in [0.15, 0.2) is 69.6 Å². The van der Waals surface area contributed by atoms with Crippen molar-refractivity contribution >= 4 is 88.5 Å². The molecule has 2 aliphatic rings. The molecule has 3 aromatic rings. The van der Waals surface area contributed by atoms with Crippen molar-refractivity contribution < 1.29 is 30.5 Å². The molecule has 0 atom stereocenters. The highest BCUT2D eigenvalue weighted by atomic mass is 35.5. The van der Waals surface area contributed by atoms with Gasteiger partial charge in [0.05, 0.1) is 31.0 Å². The van der Waals surface area contributed by atoms with E-state index >= 15 is 0 Å². The number of hydrogen-bond donors (Lipinski definition) is 0. The second-order valence-electron chi connectivity index (χ2n) is 11.7. The van der Waals surface area contributed by atoms with Gasteiger partial charge in [0, 0.05) is 51.6 Å². The minimum atomic E-state index is -4.33. The summed E-state index contributed by atoms with van der Waals surface area (Å²) in [6.07, 6.45) is 8.42. The summed E-state index contributed by atoms with van der Waals surface area (Å²) in [5, 5.41) is 3.00. The number of nitrogens with zero attached hydrogens (tertiary/aromatic N) is 2. The molecule has 0 bridgehead atoms. The van der Waals surface area contributed by atoms with Crippen LogP contribution in [-0.4, -0.2) is 44.0 Å². The maximum atomic E-state index is 11.3. The summed E-state index contributed by atoms with van der Waals surface area (Å²) >= 11 is 15.8. The molecule has 236 valence electrons. The molecule has 14 heteroatoms. The third-order valence-corrected chi connectivity index (χ3v) is 11.6. The Morgan fingerprint density at radius 3 is 2.36 bits per heavy atom. The summed E-state index contributed by atoms with van der Waals surface area (Å²) in [6.45, 7) is 5.13. The van der Waals surface area contributed by atoms with Crippen LogP contribution in [0.1, 0.15) is 44.5 Å². The van der Waals surface area contributed by atoms with Crippen LogP contribution in [0, 0.1) is 5.41 Å². The normalized spacial score (nSPS) is 18.8. The van der Waals surface area contributed by atoms with Gasteiger partial charge >= 0.3 is 0 Å². The van der Waals surface area contributed by atoms with Gasteiger partial charge in [-0.05, 0) is 72.2 Å². The number of benzene rings is 2. The second-order valence-corrected chi connectivity index (χ2v) is 17.8. The van der Waals surface area contributed by atoms with Crippen LogP contribution in [-0.2, 0) is 26.8 Å². The zero-order valence-corrected chi connectivity index (χ0v) is 28.9. The van der Waals surface area contributed by atoms with Crippen molar-refractivity contribution in [2.24, 2.45) is 5.41 Å². The fraction of sp³-hybridized carbons (Fsp3) is 0.367. The van der Waals surface area contributed by atoms with Gasteiger partial charge < -0.3 is 14.0 Å². The molecule has 1 aromatic heterocycles. The Bertz CT molecular complexity index is 1910. The van der Waals surface area contributed by atoms with Gasteiger partial charge in [-0.25, -0.2) is 16.8 Å².